The number of fused-ring (bicyclic) bond motifs is 3. The van der Waals surface area contributed by atoms with Crippen molar-refractivity contribution in [3.8, 4) is 17.2 Å². The molecule has 0 aromatic heterocycles. The van der Waals surface area contributed by atoms with Gasteiger partial charge in [0.1, 0.15) is 29.0 Å². The van der Waals surface area contributed by atoms with Gasteiger partial charge in [0.05, 0.1) is 34.9 Å². The van der Waals surface area contributed by atoms with Crippen LogP contribution in [0.25, 0.3) is 0 Å². The predicted molar refractivity (Wildman–Crippen MR) is 155 cm³/mol. The molecule has 5 rings (SSSR count). The lowest BCUT2D eigenvalue weighted by atomic mass is 9.70. The van der Waals surface area contributed by atoms with Crippen LogP contribution >= 0.6 is 0 Å². The van der Waals surface area contributed by atoms with E-state index < -0.39 is 136 Å². The zero-order valence-electron chi connectivity index (χ0n) is 26.4. The molecule has 0 radical (unpaired) electrons. The molecular formula is C32H32F3NO13. The van der Waals surface area contributed by atoms with Gasteiger partial charge in [-0.3, -0.25) is 24.0 Å². The van der Waals surface area contributed by atoms with Gasteiger partial charge in [0, 0.05) is 43.4 Å². The summed E-state index contributed by atoms with van der Waals surface area (Å²) < 4.78 is 62.1. The number of alkyl halides is 3. The molecule has 2 aromatic rings. The number of ether oxygens (including phenoxy) is 4. The summed E-state index contributed by atoms with van der Waals surface area (Å²) in [4.78, 5) is 63.2. The second kappa shape index (κ2) is 12.6. The summed E-state index contributed by atoms with van der Waals surface area (Å²) in [5, 5.41) is 47.4. The zero-order chi connectivity index (χ0) is 36.3. The number of nitrogens with one attached hydrogen (secondary N) is 1. The number of rotatable bonds is 6. The van der Waals surface area contributed by atoms with Crippen molar-refractivity contribution < 1.29 is 76.5 Å². The zero-order valence-corrected chi connectivity index (χ0v) is 26.4. The van der Waals surface area contributed by atoms with Gasteiger partial charge in [-0.25, -0.2) is 0 Å². The Morgan fingerprint density at radius 3 is 2.18 bits per heavy atom. The smallest absolute Gasteiger partial charge is 0.471 e. The predicted octanol–water partition coefficient (Wildman–Crippen LogP) is 2.90. The van der Waals surface area contributed by atoms with E-state index in [9.17, 15) is 57.6 Å². The molecule has 1 aliphatic heterocycles. The van der Waals surface area contributed by atoms with Crippen LogP contribution in [0.3, 0.4) is 0 Å². The lowest BCUT2D eigenvalue weighted by Gasteiger charge is -2.46. The number of halogens is 3. The first-order chi connectivity index (χ1) is 22.8. The summed E-state index contributed by atoms with van der Waals surface area (Å²) in [5.74, 6) is -8.65. The van der Waals surface area contributed by atoms with Crippen molar-refractivity contribution in [3.05, 3.63) is 51.6 Å². The molecule has 1 fully saturated rings. The first-order valence-electron chi connectivity index (χ1n) is 15.1. The lowest BCUT2D eigenvalue weighted by molar-refractivity contribution is -0.259. The number of hydrogen-bond donors (Lipinski definition) is 5. The maximum absolute atomic E-state index is 13.7. The van der Waals surface area contributed by atoms with E-state index in [-0.39, 0.29) is 12.0 Å². The van der Waals surface area contributed by atoms with Gasteiger partial charge in [-0.2, -0.15) is 13.2 Å². The number of carbonyl (C=O) groups is 5. The summed E-state index contributed by atoms with van der Waals surface area (Å²) in [6, 6.07) is 2.11. The molecular weight excluding hydrogens is 663 g/mol. The first kappa shape index (κ1) is 35.6. The molecule has 0 saturated carbocycles. The highest BCUT2D eigenvalue weighted by Gasteiger charge is 2.54. The summed E-state index contributed by atoms with van der Waals surface area (Å²) in [5.41, 5.74) is -5.16. The van der Waals surface area contributed by atoms with E-state index in [2.05, 4.69) is 0 Å². The van der Waals surface area contributed by atoms with Gasteiger partial charge in [0.15, 0.2) is 18.2 Å². The van der Waals surface area contributed by atoms with Gasteiger partial charge in [0.2, 0.25) is 5.78 Å². The number of aromatic hydroxyl groups is 3. The van der Waals surface area contributed by atoms with E-state index in [1.807, 2.05) is 0 Å². The van der Waals surface area contributed by atoms with Crippen LogP contribution in [0.4, 0.5) is 13.2 Å². The van der Waals surface area contributed by atoms with E-state index in [1.54, 1.807) is 5.32 Å². The fourth-order valence-electron chi connectivity index (χ4n) is 6.67. The van der Waals surface area contributed by atoms with E-state index in [4.69, 9.17) is 18.9 Å². The Labute approximate surface area is 275 Å². The van der Waals surface area contributed by atoms with Crippen molar-refractivity contribution in [2.24, 2.45) is 0 Å². The van der Waals surface area contributed by atoms with Crippen LogP contribution in [0.5, 0.6) is 17.2 Å². The van der Waals surface area contributed by atoms with Gasteiger partial charge in [-0.15, -0.1) is 0 Å². The van der Waals surface area contributed by atoms with Crippen LogP contribution in [-0.4, -0.2) is 86.2 Å². The largest absolute Gasteiger partial charge is 0.507 e. The Morgan fingerprint density at radius 2 is 1.59 bits per heavy atom. The lowest BCUT2D eigenvalue weighted by Crippen LogP contribution is -2.58. The van der Waals surface area contributed by atoms with Crippen molar-refractivity contribution in [1.29, 1.82) is 0 Å². The van der Waals surface area contributed by atoms with Crippen molar-refractivity contribution in [1.82, 2.24) is 5.32 Å². The standard InChI is InChI=1S/C32H32F3NO13/c1-5-31(45)10-17(49-18-9-15(36-30(44)32(33,34)35)28(11(2)46-18)47-12(3)37)20-23(29(31)48-13(4)38)27(43)21-22(26(20)42)25(41)19-14(24(21)40)7-6-8-16(19)39/h6-8,11,15,17-18,28-29,39,42-43,45H,5,9-10H2,1-4H3,(H,36,44)/t11-,15-,17-,18-,28-,29+,31+/m0/s1. The molecule has 14 nitrogen and oxygen atoms in total. The highest BCUT2D eigenvalue weighted by molar-refractivity contribution is 6.31. The molecule has 5 N–H and O–H groups in total. The fraction of sp³-hybridized carbons (Fsp3) is 0.469. The normalized spacial score (nSPS) is 27.8. The van der Waals surface area contributed by atoms with Gasteiger partial charge in [-0.05, 0) is 19.4 Å². The minimum absolute atomic E-state index is 0.175. The van der Waals surface area contributed by atoms with Crippen LogP contribution in [0.1, 0.15) is 102 Å². The fourth-order valence-corrected chi connectivity index (χ4v) is 6.67. The molecule has 49 heavy (non-hydrogen) atoms. The maximum Gasteiger partial charge on any atom is 0.471 e. The monoisotopic (exact) mass is 695 g/mol. The van der Waals surface area contributed by atoms with Gasteiger partial charge in [0.25, 0.3) is 0 Å². The quantitative estimate of drug-likeness (QED) is 0.186. The summed E-state index contributed by atoms with van der Waals surface area (Å²) in [7, 11) is 0. The number of carbonyl (C=O) groups excluding carboxylic acids is 5. The van der Waals surface area contributed by atoms with Crippen molar-refractivity contribution >= 4 is 29.4 Å². The van der Waals surface area contributed by atoms with Crippen LogP contribution in [-0.2, 0) is 33.3 Å². The SMILES string of the molecule is CC[C@@]1(O)C[C@H](O[C@H]2C[C@H](NC(=O)C(F)(F)F)[C@@H](OC(C)=O)[C@H](C)O2)c2c(O)c3c(c(O)c2[C@H]1OC(C)=O)C(=O)c1cccc(O)c1C3=O. The summed E-state index contributed by atoms with van der Waals surface area (Å²) >= 11 is 0. The molecule has 1 heterocycles. The number of phenols is 3. The van der Waals surface area contributed by atoms with E-state index in [0.717, 1.165) is 19.9 Å². The van der Waals surface area contributed by atoms with E-state index in [1.165, 1.54) is 26.0 Å². The number of esters is 2. The number of aliphatic hydroxyl groups is 1. The Kier molecular flexibility index (Phi) is 9.16. The Balaban J connectivity index is 1.65. The Bertz CT molecular complexity index is 1760. The number of amides is 1. The van der Waals surface area contributed by atoms with Gasteiger partial charge < -0.3 is 44.7 Å². The van der Waals surface area contributed by atoms with Crippen molar-refractivity contribution in [2.45, 2.75) is 95.5 Å². The third-order valence-electron chi connectivity index (χ3n) is 8.86. The van der Waals surface area contributed by atoms with Crippen LogP contribution in [0, 0.1) is 0 Å². The molecule has 7 atom stereocenters. The van der Waals surface area contributed by atoms with E-state index in [0.29, 0.717) is 0 Å². The number of hydrogen-bond acceptors (Lipinski definition) is 13. The van der Waals surface area contributed by atoms with Crippen LogP contribution in [0.15, 0.2) is 18.2 Å². The minimum Gasteiger partial charge on any atom is -0.507 e. The molecule has 1 amide bonds. The third-order valence-corrected chi connectivity index (χ3v) is 8.86. The number of phenolic OH excluding ortho intramolecular Hbond substituents is 3. The second-order valence-electron chi connectivity index (χ2n) is 12.1. The van der Waals surface area contributed by atoms with Crippen LogP contribution < -0.4 is 5.32 Å². The molecule has 2 aromatic carbocycles. The molecule has 0 bridgehead atoms. The molecule has 17 heteroatoms. The molecule has 2 aliphatic carbocycles. The first-order valence-corrected chi connectivity index (χ1v) is 15.1. The minimum atomic E-state index is -5.30. The van der Waals surface area contributed by atoms with Gasteiger partial charge in [-0.1, -0.05) is 19.1 Å². The average molecular weight is 696 g/mol. The highest BCUT2D eigenvalue weighted by atomic mass is 19.4. The molecule has 3 aliphatic rings. The van der Waals surface area contributed by atoms with Crippen LogP contribution in [0.2, 0.25) is 0 Å². The topological polar surface area (TPSA) is 215 Å². The summed E-state index contributed by atoms with van der Waals surface area (Å²) in [6.07, 6.45) is -14.0. The molecule has 0 unspecified atom stereocenters. The highest BCUT2D eigenvalue weighted by Crippen LogP contribution is 2.57. The third kappa shape index (κ3) is 6.17. The van der Waals surface area contributed by atoms with Gasteiger partial charge >= 0.3 is 24.0 Å². The number of ketones is 2. The molecule has 264 valence electrons. The molecule has 0 spiro atoms. The average Bonchev–Trinajstić information content (AvgIpc) is 2.99. The Morgan fingerprint density at radius 1 is 0.980 bits per heavy atom. The maximum atomic E-state index is 13.7. The molecule has 1 saturated heterocycles. The second-order valence-corrected chi connectivity index (χ2v) is 12.1. The summed E-state index contributed by atoms with van der Waals surface area (Å²) in [6.45, 7) is 4.83. The van der Waals surface area contributed by atoms with E-state index >= 15 is 0 Å². The van der Waals surface area contributed by atoms with Crippen molar-refractivity contribution in [2.75, 3.05) is 0 Å². The van der Waals surface area contributed by atoms with Crippen molar-refractivity contribution in [3.63, 3.8) is 0 Å². The Hall–Kier alpha value is -4.74. The number of benzene rings is 2.